The molecule has 1 aliphatic carbocycles. The van der Waals surface area contributed by atoms with Gasteiger partial charge in [0.15, 0.2) is 0 Å². The predicted molar refractivity (Wildman–Crippen MR) is 74.5 cm³/mol. The second-order valence-electron chi connectivity index (χ2n) is 6.01. The molecule has 0 saturated heterocycles. The molecule has 1 N–H and O–H groups in total. The number of esters is 1. The summed E-state index contributed by atoms with van der Waals surface area (Å²) in [6.07, 6.45) is 6.84. The molecule has 3 heteroatoms. The Morgan fingerprint density at radius 3 is 2.83 bits per heavy atom. The normalized spacial score (nSPS) is 29.9. The zero-order valence-corrected chi connectivity index (χ0v) is 12.4. The largest absolute Gasteiger partial charge is 0.469 e. The van der Waals surface area contributed by atoms with Crippen LogP contribution in [0.1, 0.15) is 59.3 Å². The molecule has 1 aliphatic rings. The lowest BCUT2D eigenvalue weighted by Crippen LogP contribution is -2.54. The molecule has 3 atom stereocenters. The lowest BCUT2D eigenvalue weighted by atomic mass is 9.73. The van der Waals surface area contributed by atoms with E-state index >= 15 is 0 Å². The molecule has 18 heavy (non-hydrogen) atoms. The molecule has 0 amide bonds. The van der Waals surface area contributed by atoms with Crippen LogP contribution in [0.25, 0.3) is 0 Å². The molecule has 1 fully saturated rings. The van der Waals surface area contributed by atoms with Gasteiger partial charge in [0.25, 0.3) is 0 Å². The molecule has 1 saturated carbocycles. The third-order valence-corrected chi connectivity index (χ3v) is 4.33. The highest BCUT2D eigenvalue weighted by Crippen LogP contribution is 2.34. The maximum Gasteiger partial charge on any atom is 0.310 e. The van der Waals surface area contributed by atoms with Crippen LogP contribution in [0, 0.1) is 11.8 Å². The zero-order valence-electron chi connectivity index (χ0n) is 12.4. The first-order valence-corrected chi connectivity index (χ1v) is 7.36. The van der Waals surface area contributed by atoms with Crippen LogP contribution in [0.15, 0.2) is 0 Å². The Morgan fingerprint density at radius 2 is 2.22 bits per heavy atom. The Balaban J connectivity index is 2.58. The molecule has 0 radical (unpaired) electrons. The average molecular weight is 255 g/mol. The van der Waals surface area contributed by atoms with Crippen molar-refractivity contribution in [3.63, 3.8) is 0 Å². The molecule has 0 unspecified atom stereocenters. The third-order valence-electron chi connectivity index (χ3n) is 4.33. The summed E-state index contributed by atoms with van der Waals surface area (Å²) in [4.78, 5) is 11.9. The highest BCUT2D eigenvalue weighted by Gasteiger charge is 2.41. The van der Waals surface area contributed by atoms with Gasteiger partial charge in [-0.05, 0) is 38.6 Å². The van der Waals surface area contributed by atoms with Gasteiger partial charge in [-0.15, -0.1) is 0 Å². The molecule has 3 nitrogen and oxygen atoms in total. The summed E-state index contributed by atoms with van der Waals surface area (Å²) >= 11 is 0. The standard InChI is InChI=1S/C15H29NO2/c1-5-8-12(2)11-16-15(3)10-7-6-9-13(15)14(17)18-4/h12-13,16H,5-11H2,1-4H3/t12-,13+,15+/m0/s1. The van der Waals surface area contributed by atoms with Gasteiger partial charge >= 0.3 is 5.97 Å². The smallest absolute Gasteiger partial charge is 0.310 e. The fourth-order valence-corrected chi connectivity index (χ4v) is 3.07. The quantitative estimate of drug-likeness (QED) is 0.741. The van der Waals surface area contributed by atoms with Crippen molar-refractivity contribution in [2.45, 2.75) is 64.8 Å². The maximum absolute atomic E-state index is 11.9. The molecule has 0 spiro atoms. The highest BCUT2D eigenvalue weighted by atomic mass is 16.5. The summed E-state index contributed by atoms with van der Waals surface area (Å²) in [7, 11) is 1.50. The van der Waals surface area contributed by atoms with Crippen molar-refractivity contribution in [2.75, 3.05) is 13.7 Å². The van der Waals surface area contributed by atoms with Crippen LogP contribution in [0.2, 0.25) is 0 Å². The van der Waals surface area contributed by atoms with E-state index in [4.69, 9.17) is 4.74 Å². The Morgan fingerprint density at radius 1 is 1.50 bits per heavy atom. The summed E-state index contributed by atoms with van der Waals surface area (Å²) in [5.41, 5.74) is -0.0760. The van der Waals surface area contributed by atoms with Gasteiger partial charge in [-0.3, -0.25) is 4.79 Å². The van der Waals surface area contributed by atoms with Gasteiger partial charge in [-0.25, -0.2) is 0 Å². The van der Waals surface area contributed by atoms with Crippen LogP contribution in [0.5, 0.6) is 0 Å². The lowest BCUT2D eigenvalue weighted by Gasteiger charge is -2.41. The van der Waals surface area contributed by atoms with E-state index in [1.807, 2.05) is 0 Å². The minimum Gasteiger partial charge on any atom is -0.469 e. The molecular formula is C15H29NO2. The second kappa shape index (κ2) is 7.13. The van der Waals surface area contributed by atoms with E-state index in [0.717, 1.165) is 25.8 Å². The first-order chi connectivity index (χ1) is 8.53. The Kier molecular flexibility index (Phi) is 6.13. The molecule has 1 rings (SSSR count). The number of carbonyl (C=O) groups is 1. The van der Waals surface area contributed by atoms with E-state index < -0.39 is 0 Å². The van der Waals surface area contributed by atoms with Crippen molar-refractivity contribution < 1.29 is 9.53 Å². The zero-order chi connectivity index (χ0) is 13.6. The SMILES string of the molecule is CCC[C@H](C)CN[C@]1(C)CCCC[C@@H]1C(=O)OC. The van der Waals surface area contributed by atoms with Crippen LogP contribution in [0.4, 0.5) is 0 Å². The van der Waals surface area contributed by atoms with Gasteiger partial charge in [0, 0.05) is 5.54 Å². The van der Waals surface area contributed by atoms with Crippen LogP contribution in [0.3, 0.4) is 0 Å². The Bertz CT molecular complexity index is 267. The molecule has 0 aromatic carbocycles. The topological polar surface area (TPSA) is 38.3 Å². The summed E-state index contributed by atoms with van der Waals surface area (Å²) < 4.78 is 4.96. The molecular weight excluding hydrogens is 226 g/mol. The van der Waals surface area contributed by atoms with Crippen molar-refractivity contribution in [2.24, 2.45) is 11.8 Å². The van der Waals surface area contributed by atoms with E-state index in [1.54, 1.807) is 0 Å². The second-order valence-corrected chi connectivity index (χ2v) is 6.01. The Labute approximate surface area is 112 Å². The number of hydrogen-bond donors (Lipinski definition) is 1. The lowest BCUT2D eigenvalue weighted by molar-refractivity contribution is -0.149. The fraction of sp³-hybridized carbons (Fsp3) is 0.933. The summed E-state index contributed by atoms with van der Waals surface area (Å²) in [5, 5.41) is 3.65. The van der Waals surface area contributed by atoms with Crippen LogP contribution in [-0.2, 0) is 9.53 Å². The number of carbonyl (C=O) groups excluding carboxylic acids is 1. The van der Waals surface area contributed by atoms with Crippen molar-refractivity contribution in [1.82, 2.24) is 5.32 Å². The van der Waals surface area contributed by atoms with E-state index in [1.165, 1.54) is 26.4 Å². The molecule has 106 valence electrons. The third kappa shape index (κ3) is 3.98. The molecule has 0 aromatic heterocycles. The van der Waals surface area contributed by atoms with Crippen molar-refractivity contribution in [3.8, 4) is 0 Å². The maximum atomic E-state index is 11.9. The fourth-order valence-electron chi connectivity index (χ4n) is 3.07. The van der Waals surface area contributed by atoms with Gasteiger partial charge in [0.2, 0.25) is 0 Å². The Hall–Kier alpha value is -0.570. The van der Waals surface area contributed by atoms with E-state index in [2.05, 4.69) is 26.1 Å². The van der Waals surface area contributed by atoms with Crippen molar-refractivity contribution in [3.05, 3.63) is 0 Å². The van der Waals surface area contributed by atoms with Gasteiger partial charge in [-0.1, -0.05) is 33.1 Å². The first-order valence-electron chi connectivity index (χ1n) is 7.36. The number of nitrogens with one attached hydrogen (secondary N) is 1. The van der Waals surface area contributed by atoms with E-state index in [-0.39, 0.29) is 17.4 Å². The van der Waals surface area contributed by atoms with Gasteiger partial charge < -0.3 is 10.1 Å². The molecule has 0 aliphatic heterocycles. The average Bonchev–Trinajstić information content (AvgIpc) is 2.36. The van der Waals surface area contributed by atoms with Gasteiger partial charge in [0.1, 0.15) is 0 Å². The number of ether oxygens (including phenoxy) is 1. The molecule has 0 heterocycles. The van der Waals surface area contributed by atoms with Crippen LogP contribution in [-0.4, -0.2) is 25.2 Å². The van der Waals surface area contributed by atoms with E-state index in [9.17, 15) is 4.79 Å². The van der Waals surface area contributed by atoms with Gasteiger partial charge in [-0.2, -0.15) is 0 Å². The van der Waals surface area contributed by atoms with Crippen molar-refractivity contribution >= 4 is 5.97 Å². The number of hydrogen-bond acceptors (Lipinski definition) is 3. The summed E-state index contributed by atoms with van der Waals surface area (Å²) in [6.45, 7) is 7.68. The summed E-state index contributed by atoms with van der Waals surface area (Å²) in [6, 6.07) is 0. The van der Waals surface area contributed by atoms with Crippen molar-refractivity contribution in [1.29, 1.82) is 0 Å². The minimum absolute atomic E-state index is 0.0186. The molecule has 0 bridgehead atoms. The highest BCUT2D eigenvalue weighted by molar-refractivity contribution is 5.74. The number of methoxy groups -OCH3 is 1. The minimum atomic E-state index is -0.0760. The molecule has 0 aromatic rings. The van der Waals surface area contributed by atoms with Gasteiger partial charge in [0.05, 0.1) is 13.0 Å². The van der Waals surface area contributed by atoms with Crippen LogP contribution >= 0.6 is 0 Å². The summed E-state index contributed by atoms with van der Waals surface area (Å²) in [5.74, 6) is 0.643. The monoisotopic (exact) mass is 255 g/mol. The first kappa shape index (κ1) is 15.5. The van der Waals surface area contributed by atoms with Crippen LogP contribution < -0.4 is 5.32 Å². The van der Waals surface area contributed by atoms with E-state index in [0.29, 0.717) is 5.92 Å². The predicted octanol–water partition coefficient (Wildman–Crippen LogP) is 3.13. The number of rotatable bonds is 6.